The summed E-state index contributed by atoms with van der Waals surface area (Å²) in [6.45, 7) is 2.65. The maximum absolute atomic E-state index is 13.1. The summed E-state index contributed by atoms with van der Waals surface area (Å²) in [5.41, 5.74) is 5.66. The molecule has 6 heteroatoms. The van der Waals surface area contributed by atoms with Crippen molar-refractivity contribution in [3.05, 3.63) is 0 Å². The van der Waals surface area contributed by atoms with Gasteiger partial charge in [-0.25, -0.2) is 0 Å². The Hall–Kier alpha value is -0.330. The molecule has 0 aliphatic carbocycles. The van der Waals surface area contributed by atoms with Crippen LogP contribution in [0.25, 0.3) is 0 Å². The number of likely N-dealkylation sites (tertiary alicyclic amines) is 1. The van der Waals surface area contributed by atoms with Crippen LogP contribution in [0.3, 0.4) is 0 Å². The average molecular weight is 267 g/mol. The van der Waals surface area contributed by atoms with Gasteiger partial charge in [0.25, 0.3) is 0 Å². The number of piperidine rings is 1. The number of alkyl halides is 3. The van der Waals surface area contributed by atoms with Gasteiger partial charge in [0.15, 0.2) is 0 Å². The molecule has 0 bridgehead atoms. The Morgan fingerprint density at radius 1 is 1.28 bits per heavy atom. The molecule has 1 aliphatic heterocycles. The quantitative estimate of drug-likeness (QED) is 0.841. The van der Waals surface area contributed by atoms with Crippen LogP contribution < -0.4 is 5.73 Å². The second-order valence-corrected chi connectivity index (χ2v) is 5.29. The van der Waals surface area contributed by atoms with Crippen LogP contribution in [0, 0.1) is 0 Å². The summed E-state index contributed by atoms with van der Waals surface area (Å²) in [6.07, 6.45) is -2.34. The molecule has 0 aromatic carbocycles. The van der Waals surface area contributed by atoms with Crippen molar-refractivity contribution in [3.63, 3.8) is 0 Å². The zero-order chi connectivity index (χ0) is 13.9. The average Bonchev–Trinajstić information content (AvgIpc) is 2.27. The molecule has 0 spiro atoms. The Morgan fingerprint density at radius 3 is 2.11 bits per heavy atom. The van der Waals surface area contributed by atoms with E-state index in [4.69, 9.17) is 5.73 Å². The monoisotopic (exact) mass is 267 g/mol. The van der Waals surface area contributed by atoms with Gasteiger partial charge in [-0.3, -0.25) is 4.90 Å². The van der Waals surface area contributed by atoms with Crippen molar-refractivity contribution < 1.29 is 13.2 Å². The highest BCUT2D eigenvalue weighted by Crippen LogP contribution is 2.30. The van der Waals surface area contributed by atoms with Crippen LogP contribution >= 0.6 is 0 Å². The molecule has 1 aliphatic rings. The minimum atomic E-state index is -4.24. The van der Waals surface area contributed by atoms with E-state index in [1.54, 1.807) is 6.92 Å². The first-order valence-electron chi connectivity index (χ1n) is 6.50. The minimum Gasteiger partial charge on any atom is -0.326 e. The van der Waals surface area contributed by atoms with Gasteiger partial charge in [0.2, 0.25) is 0 Å². The van der Waals surface area contributed by atoms with Gasteiger partial charge in [-0.05, 0) is 33.4 Å². The summed E-state index contributed by atoms with van der Waals surface area (Å²) in [4.78, 5) is 3.59. The summed E-state index contributed by atoms with van der Waals surface area (Å²) >= 11 is 0. The van der Waals surface area contributed by atoms with Crippen molar-refractivity contribution in [1.29, 1.82) is 0 Å². The fourth-order valence-corrected chi connectivity index (χ4v) is 2.62. The molecule has 1 fully saturated rings. The first-order chi connectivity index (χ1) is 8.27. The standard InChI is InChI=1S/C12H24F3N3/c1-4-10(16)11(12(13,14)15)18-7-5-9(6-8-18)17(2)3/h9-11H,4-8,16H2,1-3H3. The van der Waals surface area contributed by atoms with Gasteiger partial charge in [0, 0.05) is 25.2 Å². The largest absolute Gasteiger partial charge is 0.405 e. The van der Waals surface area contributed by atoms with Crippen LogP contribution in [0.1, 0.15) is 26.2 Å². The van der Waals surface area contributed by atoms with Crippen molar-refractivity contribution in [2.24, 2.45) is 5.73 Å². The zero-order valence-electron chi connectivity index (χ0n) is 11.4. The molecule has 1 rings (SSSR count). The van der Waals surface area contributed by atoms with Crippen molar-refractivity contribution in [3.8, 4) is 0 Å². The zero-order valence-corrected chi connectivity index (χ0v) is 11.4. The first kappa shape index (κ1) is 15.7. The number of rotatable bonds is 4. The number of nitrogens with zero attached hydrogens (tertiary/aromatic N) is 2. The lowest BCUT2D eigenvalue weighted by Gasteiger charge is -2.42. The summed E-state index contributed by atoms with van der Waals surface area (Å²) < 4.78 is 39.2. The third kappa shape index (κ3) is 3.83. The Kier molecular flexibility index (Phi) is 5.43. The predicted octanol–water partition coefficient (Wildman–Crippen LogP) is 1.68. The highest BCUT2D eigenvalue weighted by molar-refractivity contribution is 4.90. The lowest BCUT2D eigenvalue weighted by Crippen LogP contribution is -2.58. The number of hydrogen-bond donors (Lipinski definition) is 1. The normalized spacial score (nSPS) is 23.3. The SMILES string of the molecule is CCC(N)C(N1CCC(N(C)C)CC1)C(F)(F)F. The number of nitrogens with two attached hydrogens (primary N) is 1. The van der Waals surface area contributed by atoms with Gasteiger partial charge in [0.05, 0.1) is 0 Å². The molecule has 0 amide bonds. The van der Waals surface area contributed by atoms with E-state index in [1.807, 2.05) is 14.1 Å². The van der Waals surface area contributed by atoms with Gasteiger partial charge in [-0.2, -0.15) is 13.2 Å². The van der Waals surface area contributed by atoms with E-state index in [-0.39, 0.29) is 0 Å². The van der Waals surface area contributed by atoms with E-state index >= 15 is 0 Å². The molecule has 1 saturated heterocycles. The third-order valence-electron chi connectivity index (χ3n) is 3.84. The van der Waals surface area contributed by atoms with Crippen molar-refractivity contribution in [1.82, 2.24) is 9.80 Å². The molecule has 2 N–H and O–H groups in total. The van der Waals surface area contributed by atoms with Crippen molar-refractivity contribution in [2.75, 3.05) is 27.2 Å². The fourth-order valence-electron chi connectivity index (χ4n) is 2.62. The summed E-state index contributed by atoms with van der Waals surface area (Å²) in [5, 5.41) is 0. The van der Waals surface area contributed by atoms with E-state index in [2.05, 4.69) is 4.90 Å². The lowest BCUT2D eigenvalue weighted by molar-refractivity contribution is -0.192. The van der Waals surface area contributed by atoms with E-state index < -0.39 is 18.3 Å². The Labute approximate surface area is 107 Å². The van der Waals surface area contributed by atoms with Gasteiger partial charge in [0.1, 0.15) is 6.04 Å². The molecular formula is C12H24F3N3. The Balaban J connectivity index is 2.67. The molecule has 1 heterocycles. The summed E-state index contributed by atoms with van der Waals surface area (Å²) in [7, 11) is 3.94. The van der Waals surface area contributed by atoms with Crippen molar-refractivity contribution in [2.45, 2.75) is 50.5 Å². The van der Waals surface area contributed by atoms with Gasteiger partial charge in [-0.15, -0.1) is 0 Å². The van der Waals surface area contributed by atoms with Gasteiger partial charge in [-0.1, -0.05) is 6.92 Å². The summed E-state index contributed by atoms with van der Waals surface area (Å²) in [5.74, 6) is 0. The van der Waals surface area contributed by atoms with Gasteiger partial charge < -0.3 is 10.6 Å². The van der Waals surface area contributed by atoms with Gasteiger partial charge >= 0.3 is 6.18 Å². The fraction of sp³-hybridized carbons (Fsp3) is 1.00. The molecule has 2 unspecified atom stereocenters. The third-order valence-corrected chi connectivity index (χ3v) is 3.84. The minimum absolute atomic E-state index is 0.345. The van der Waals surface area contributed by atoms with E-state index in [0.717, 1.165) is 12.8 Å². The van der Waals surface area contributed by atoms with Crippen LogP contribution in [0.5, 0.6) is 0 Å². The Bertz CT molecular complexity index is 247. The molecular weight excluding hydrogens is 243 g/mol. The summed E-state index contributed by atoms with van der Waals surface area (Å²) in [6, 6.07) is -1.94. The van der Waals surface area contributed by atoms with Crippen LogP contribution in [-0.4, -0.2) is 61.3 Å². The second kappa shape index (κ2) is 6.21. The highest BCUT2D eigenvalue weighted by atomic mass is 19.4. The molecule has 0 aromatic heterocycles. The molecule has 0 saturated carbocycles. The smallest absolute Gasteiger partial charge is 0.326 e. The van der Waals surface area contributed by atoms with Crippen molar-refractivity contribution >= 4 is 0 Å². The predicted molar refractivity (Wildman–Crippen MR) is 66.4 cm³/mol. The van der Waals surface area contributed by atoms with Crippen LogP contribution in [0.4, 0.5) is 13.2 Å². The second-order valence-electron chi connectivity index (χ2n) is 5.29. The maximum Gasteiger partial charge on any atom is 0.405 e. The molecule has 108 valence electrons. The number of hydrogen-bond acceptors (Lipinski definition) is 3. The molecule has 0 aromatic rings. The van der Waals surface area contributed by atoms with E-state index in [1.165, 1.54) is 4.90 Å². The lowest BCUT2D eigenvalue weighted by atomic mass is 9.98. The van der Waals surface area contributed by atoms with Crippen LogP contribution in [0.2, 0.25) is 0 Å². The topological polar surface area (TPSA) is 32.5 Å². The highest BCUT2D eigenvalue weighted by Gasteiger charge is 2.47. The molecule has 2 atom stereocenters. The first-order valence-corrected chi connectivity index (χ1v) is 6.50. The molecule has 3 nitrogen and oxygen atoms in total. The molecule has 18 heavy (non-hydrogen) atoms. The maximum atomic E-state index is 13.1. The van der Waals surface area contributed by atoms with Crippen LogP contribution in [0.15, 0.2) is 0 Å². The van der Waals surface area contributed by atoms with Crippen LogP contribution in [-0.2, 0) is 0 Å². The van der Waals surface area contributed by atoms with E-state index in [0.29, 0.717) is 25.6 Å². The number of halogens is 3. The Morgan fingerprint density at radius 2 is 1.78 bits per heavy atom. The molecule has 0 radical (unpaired) electrons. The van der Waals surface area contributed by atoms with E-state index in [9.17, 15) is 13.2 Å².